The zero-order chi connectivity index (χ0) is 24.8. The topological polar surface area (TPSA) is 95.9 Å². The SMILES string of the molecule is Cn1ncc2cc(-c3cc(F)c(NCC45C[C@H]6Cc7cc(=O)[nH]nc7[C@@H](C4)N6C5=O)cc3Cl)ccc21. The standard InChI is InChI=1S/C26H22ClFN6O2/c1-33-21-3-2-13(4-15(21)11-30-33)17-7-19(28)20(8-18(17)27)29-12-26-9-16-5-14-6-23(35)31-32-24(14)22(10-26)34(16)25(26)36/h2-4,6-8,11,16,22,29H,5,9-10,12H2,1H3,(H,31,35)/t16-,22-,26?/m1/s1. The summed E-state index contributed by atoms with van der Waals surface area (Å²) in [5.74, 6) is -0.362. The lowest BCUT2D eigenvalue weighted by molar-refractivity contribution is -0.132. The molecule has 5 heterocycles. The van der Waals surface area contributed by atoms with Gasteiger partial charge in [-0.15, -0.1) is 0 Å². The Morgan fingerprint density at radius 1 is 1.22 bits per heavy atom. The molecule has 1 unspecified atom stereocenters. The molecular formula is C26H22ClFN6O2. The van der Waals surface area contributed by atoms with Crippen molar-refractivity contribution in [3.05, 3.63) is 75.0 Å². The summed E-state index contributed by atoms with van der Waals surface area (Å²) in [6, 6.07) is 10.3. The average Bonchev–Trinajstić information content (AvgIpc) is 3.45. The van der Waals surface area contributed by atoms with Crippen LogP contribution in [0.2, 0.25) is 5.02 Å². The summed E-state index contributed by atoms with van der Waals surface area (Å²) in [7, 11) is 1.87. The van der Waals surface area contributed by atoms with Gasteiger partial charge in [0, 0.05) is 36.7 Å². The molecule has 3 atom stereocenters. The third-order valence-corrected chi connectivity index (χ3v) is 8.36. The molecule has 36 heavy (non-hydrogen) atoms. The van der Waals surface area contributed by atoms with Gasteiger partial charge < -0.3 is 10.2 Å². The largest absolute Gasteiger partial charge is 0.382 e. The van der Waals surface area contributed by atoms with Gasteiger partial charge in [0.05, 0.1) is 39.6 Å². The number of fused-ring (bicyclic) bond motifs is 4. The maximum atomic E-state index is 15.2. The maximum absolute atomic E-state index is 15.2. The molecule has 0 spiro atoms. The molecule has 2 aromatic carbocycles. The minimum Gasteiger partial charge on any atom is -0.382 e. The molecule has 4 aromatic rings. The van der Waals surface area contributed by atoms with Crippen LogP contribution in [0.15, 0.2) is 47.4 Å². The van der Waals surface area contributed by atoms with E-state index in [9.17, 15) is 9.59 Å². The van der Waals surface area contributed by atoms with E-state index in [0.717, 1.165) is 27.7 Å². The number of amides is 1. The fourth-order valence-electron chi connectivity index (χ4n) is 6.39. The van der Waals surface area contributed by atoms with Gasteiger partial charge in [-0.25, -0.2) is 9.49 Å². The number of H-pyrrole nitrogens is 1. The van der Waals surface area contributed by atoms with Gasteiger partial charge in [0.15, 0.2) is 0 Å². The molecule has 0 aliphatic carbocycles. The highest BCUT2D eigenvalue weighted by atomic mass is 35.5. The van der Waals surface area contributed by atoms with E-state index in [2.05, 4.69) is 20.6 Å². The van der Waals surface area contributed by atoms with Crippen molar-refractivity contribution >= 4 is 34.1 Å². The number of nitrogens with zero attached hydrogens (tertiary/aromatic N) is 4. The van der Waals surface area contributed by atoms with Crippen LogP contribution < -0.4 is 10.9 Å². The highest BCUT2D eigenvalue weighted by molar-refractivity contribution is 6.33. The molecule has 0 saturated carbocycles. The summed E-state index contributed by atoms with van der Waals surface area (Å²) in [4.78, 5) is 27.0. The monoisotopic (exact) mass is 504 g/mol. The Hall–Kier alpha value is -3.72. The third-order valence-electron chi connectivity index (χ3n) is 8.05. The van der Waals surface area contributed by atoms with E-state index in [1.807, 2.05) is 30.1 Å². The second-order valence-corrected chi connectivity index (χ2v) is 10.5. The fourth-order valence-corrected chi connectivity index (χ4v) is 6.66. The third kappa shape index (κ3) is 2.98. The van der Waals surface area contributed by atoms with Crippen molar-refractivity contribution in [1.82, 2.24) is 24.9 Å². The van der Waals surface area contributed by atoms with Crippen LogP contribution in [0.5, 0.6) is 0 Å². The van der Waals surface area contributed by atoms with Gasteiger partial charge in [-0.2, -0.15) is 10.2 Å². The zero-order valence-electron chi connectivity index (χ0n) is 19.4. The lowest BCUT2D eigenvalue weighted by atomic mass is 9.74. The number of anilines is 1. The van der Waals surface area contributed by atoms with Crippen molar-refractivity contribution in [2.45, 2.75) is 31.3 Å². The molecule has 2 fully saturated rings. The zero-order valence-corrected chi connectivity index (χ0v) is 20.1. The molecule has 0 radical (unpaired) electrons. The van der Waals surface area contributed by atoms with Gasteiger partial charge in [0.1, 0.15) is 5.82 Å². The molecule has 2 saturated heterocycles. The molecular weight excluding hydrogens is 483 g/mol. The number of halogens is 2. The molecule has 3 aliphatic rings. The molecule has 2 N–H and O–H groups in total. The van der Waals surface area contributed by atoms with Gasteiger partial charge in [-0.05, 0) is 54.7 Å². The summed E-state index contributed by atoms with van der Waals surface area (Å²) in [6.07, 6.45) is 3.63. The van der Waals surface area contributed by atoms with Crippen LogP contribution in [0.25, 0.3) is 22.0 Å². The number of benzene rings is 2. The van der Waals surface area contributed by atoms with E-state index in [-0.39, 0.29) is 29.2 Å². The van der Waals surface area contributed by atoms with Crippen LogP contribution in [0.3, 0.4) is 0 Å². The van der Waals surface area contributed by atoms with Crippen LogP contribution in [-0.2, 0) is 18.3 Å². The van der Waals surface area contributed by atoms with Crippen molar-refractivity contribution < 1.29 is 9.18 Å². The Morgan fingerprint density at radius 2 is 2.08 bits per heavy atom. The van der Waals surface area contributed by atoms with Gasteiger partial charge in [-0.1, -0.05) is 17.7 Å². The van der Waals surface area contributed by atoms with E-state index in [1.165, 1.54) is 6.07 Å². The minimum absolute atomic E-state index is 0.0346. The summed E-state index contributed by atoms with van der Waals surface area (Å²) in [6.45, 7) is 0.308. The molecule has 10 heteroatoms. The number of aromatic amines is 1. The van der Waals surface area contributed by atoms with Crippen molar-refractivity contribution in [1.29, 1.82) is 0 Å². The minimum atomic E-state index is -0.631. The number of rotatable bonds is 4. The van der Waals surface area contributed by atoms with Crippen LogP contribution in [0.1, 0.15) is 30.1 Å². The van der Waals surface area contributed by atoms with E-state index in [0.29, 0.717) is 36.4 Å². The van der Waals surface area contributed by atoms with Crippen LogP contribution in [0, 0.1) is 11.2 Å². The first-order valence-electron chi connectivity index (χ1n) is 11.9. The lowest BCUT2D eigenvalue weighted by Crippen LogP contribution is -2.42. The van der Waals surface area contributed by atoms with E-state index in [4.69, 9.17) is 11.6 Å². The van der Waals surface area contributed by atoms with E-state index < -0.39 is 11.2 Å². The molecule has 2 aromatic heterocycles. The maximum Gasteiger partial charge on any atom is 0.264 e. The Balaban J connectivity index is 1.15. The highest BCUT2D eigenvalue weighted by Gasteiger charge is 2.63. The van der Waals surface area contributed by atoms with Gasteiger partial charge in [0.2, 0.25) is 5.91 Å². The van der Waals surface area contributed by atoms with E-state index >= 15 is 4.39 Å². The van der Waals surface area contributed by atoms with Crippen LogP contribution >= 0.6 is 11.6 Å². The molecule has 182 valence electrons. The Morgan fingerprint density at radius 3 is 2.94 bits per heavy atom. The number of piperidine rings is 1. The van der Waals surface area contributed by atoms with Crippen molar-refractivity contribution in [3.63, 3.8) is 0 Å². The second-order valence-electron chi connectivity index (χ2n) is 10.1. The number of carbonyl (C=O) groups excluding carboxylic acids is 1. The summed E-state index contributed by atoms with van der Waals surface area (Å²) in [5.41, 5.74) is 3.48. The fraction of sp³-hybridized carbons (Fsp3) is 0.308. The number of nitrogens with one attached hydrogen (secondary N) is 2. The normalized spacial score (nSPS) is 24.0. The van der Waals surface area contributed by atoms with Crippen molar-refractivity contribution in [2.75, 3.05) is 11.9 Å². The average molecular weight is 505 g/mol. The van der Waals surface area contributed by atoms with Gasteiger partial charge in [0.25, 0.3) is 5.56 Å². The smallest absolute Gasteiger partial charge is 0.264 e. The van der Waals surface area contributed by atoms with Crippen LogP contribution in [-0.4, -0.2) is 43.4 Å². The molecule has 8 nitrogen and oxygen atoms in total. The molecule has 3 aliphatic heterocycles. The molecule has 2 bridgehead atoms. The Labute approximate surface area is 210 Å². The first kappa shape index (κ1) is 21.6. The van der Waals surface area contributed by atoms with Crippen molar-refractivity contribution in [3.8, 4) is 11.1 Å². The number of hydrogen-bond acceptors (Lipinski definition) is 5. The summed E-state index contributed by atoms with van der Waals surface area (Å²) < 4.78 is 17.0. The predicted molar refractivity (Wildman–Crippen MR) is 133 cm³/mol. The molecule has 1 amide bonds. The highest BCUT2D eigenvalue weighted by Crippen LogP contribution is 2.57. The lowest BCUT2D eigenvalue weighted by Gasteiger charge is -2.39. The van der Waals surface area contributed by atoms with E-state index in [1.54, 1.807) is 23.0 Å². The summed E-state index contributed by atoms with van der Waals surface area (Å²) in [5, 5.41) is 15.6. The first-order valence-corrected chi connectivity index (χ1v) is 12.3. The predicted octanol–water partition coefficient (Wildman–Crippen LogP) is 3.82. The van der Waals surface area contributed by atoms with Crippen LogP contribution in [0.4, 0.5) is 10.1 Å². The number of aryl methyl sites for hydroxylation is 1. The quantitative estimate of drug-likeness (QED) is 0.440. The van der Waals surface area contributed by atoms with Gasteiger partial charge >= 0.3 is 0 Å². The van der Waals surface area contributed by atoms with Crippen molar-refractivity contribution in [2.24, 2.45) is 12.5 Å². The number of carbonyl (C=O) groups is 1. The molecule has 7 rings (SSSR count). The van der Waals surface area contributed by atoms with Gasteiger partial charge in [-0.3, -0.25) is 14.3 Å². The summed E-state index contributed by atoms with van der Waals surface area (Å²) >= 11 is 6.60. The number of hydrogen-bond donors (Lipinski definition) is 2. The Kier molecular flexibility index (Phi) is 4.43. The first-order chi connectivity index (χ1) is 17.3. The number of aromatic nitrogens is 4. The Bertz CT molecular complexity index is 1650. The second kappa shape index (κ2) is 7.39.